The fourth-order valence-corrected chi connectivity index (χ4v) is 5.21. The second kappa shape index (κ2) is 9.06. The van der Waals surface area contributed by atoms with Crippen molar-refractivity contribution in [1.29, 1.82) is 0 Å². The Kier molecular flexibility index (Phi) is 6.23. The van der Waals surface area contributed by atoms with Gasteiger partial charge in [-0.1, -0.05) is 60.7 Å². The molecule has 0 saturated carbocycles. The molecular formula is C26H28N2O2S. The van der Waals surface area contributed by atoms with Crippen LogP contribution in [0, 0.1) is 5.41 Å². The van der Waals surface area contributed by atoms with E-state index in [1.165, 1.54) is 0 Å². The number of benzene rings is 2. The first-order chi connectivity index (χ1) is 15.0. The summed E-state index contributed by atoms with van der Waals surface area (Å²) in [6.07, 6.45) is 1.73. The summed E-state index contributed by atoms with van der Waals surface area (Å²) in [5, 5.41) is 1.99. The Bertz CT molecular complexity index is 1050. The van der Waals surface area contributed by atoms with Crippen molar-refractivity contribution < 1.29 is 9.59 Å². The molecule has 5 heteroatoms. The summed E-state index contributed by atoms with van der Waals surface area (Å²) < 4.78 is 0. The predicted octanol–water partition coefficient (Wildman–Crippen LogP) is 4.51. The molecule has 2 aromatic carbocycles. The molecule has 1 fully saturated rings. The summed E-state index contributed by atoms with van der Waals surface area (Å²) in [7, 11) is 3.61. The monoisotopic (exact) mass is 432 g/mol. The van der Waals surface area contributed by atoms with Crippen molar-refractivity contribution in [2.45, 2.75) is 19.3 Å². The van der Waals surface area contributed by atoms with E-state index in [4.69, 9.17) is 0 Å². The van der Waals surface area contributed by atoms with Gasteiger partial charge in [0.25, 0.3) is 0 Å². The van der Waals surface area contributed by atoms with Crippen LogP contribution in [0.4, 0.5) is 0 Å². The van der Waals surface area contributed by atoms with Gasteiger partial charge in [0.15, 0.2) is 0 Å². The van der Waals surface area contributed by atoms with Gasteiger partial charge in [-0.25, -0.2) is 0 Å². The van der Waals surface area contributed by atoms with Crippen LogP contribution in [0.1, 0.15) is 16.9 Å². The van der Waals surface area contributed by atoms with Crippen molar-refractivity contribution in [2.24, 2.45) is 5.41 Å². The quantitative estimate of drug-likeness (QED) is 0.575. The van der Waals surface area contributed by atoms with Crippen molar-refractivity contribution in [3.63, 3.8) is 0 Å². The van der Waals surface area contributed by atoms with Gasteiger partial charge in [0, 0.05) is 32.1 Å². The summed E-state index contributed by atoms with van der Waals surface area (Å²) in [4.78, 5) is 30.8. The van der Waals surface area contributed by atoms with Crippen molar-refractivity contribution in [3.8, 4) is 11.1 Å². The number of carbonyl (C=O) groups excluding carboxylic acids is 2. The molecule has 0 aliphatic carbocycles. The highest BCUT2D eigenvalue weighted by Crippen LogP contribution is 2.37. The van der Waals surface area contributed by atoms with Crippen LogP contribution in [0.15, 0.2) is 72.1 Å². The molecule has 3 aromatic rings. The SMILES string of the molecule is CN(C)C(=O)C1(Cc2cccc(-c3ccccc3)c2)CCN(C(=O)Cc2cccs2)C1. The predicted molar refractivity (Wildman–Crippen MR) is 126 cm³/mol. The van der Waals surface area contributed by atoms with E-state index in [2.05, 4.69) is 36.4 Å². The van der Waals surface area contributed by atoms with Gasteiger partial charge in [-0.3, -0.25) is 9.59 Å². The average Bonchev–Trinajstić information content (AvgIpc) is 3.45. The molecule has 1 unspecified atom stereocenters. The molecule has 1 aromatic heterocycles. The molecule has 1 aliphatic rings. The number of rotatable bonds is 6. The minimum Gasteiger partial charge on any atom is -0.348 e. The molecule has 4 nitrogen and oxygen atoms in total. The molecule has 31 heavy (non-hydrogen) atoms. The zero-order valence-electron chi connectivity index (χ0n) is 18.1. The first-order valence-corrected chi connectivity index (χ1v) is 11.5. The normalized spacial score (nSPS) is 18.2. The lowest BCUT2D eigenvalue weighted by atomic mass is 9.79. The maximum Gasteiger partial charge on any atom is 0.230 e. The second-order valence-corrected chi connectivity index (χ2v) is 9.58. The largest absolute Gasteiger partial charge is 0.348 e. The van der Waals surface area contributed by atoms with E-state index in [0.29, 0.717) is 32.4 Å². The summed E-state index contributed by atoms with van der Waals surface area (Å²) in [5.74, 6) is 0.206. The molecule has 0 spiro atoms. The highest BCUT2D eigenvalue weighted by Gasteiger charge is 2.46. The molecular weight excluding hydrogens is 404 g/mol. The van der Waals surface area contributed by atoms with E-state index in [1.54, 1.807) is 30.3 Å². The number of carbonyl (C=O) groups is 2. The van der Waals surface area contributed by atoms with Gasteiger partial charge >= 0.3 is 0 Å². The molecule has 1 atom stereocenters. The number of hydrogen-bond acceptors (Lipinski definition) is 3. The third kappa shape index (κ3) is 4.72. The van der Waals surface area contributed by atoms with Gasteiger partial charge < -0.3 is 9.80 Å². The Balaban J connectivity index is 1.56. The smallest absolute Gasteiger partial charge is 0.230 e. The molecule has 1 saturated heterocycles. The second-order valence-electron chi connectivity index (χ2n) is 8.54. The summed E-state index contributed by atoms with van der Waals surface area (Å²) in [6.45, 7) is 1.10. The van der Waals surface area contributed by atoms with Crippen LogP contribution in [-0.4, -0.2) is 48.8 Å². The van der Waals surface area contributed by atoms with Crippen LogP contribution in [0.5, 0.6) is 0 Å². The molecule has 0 N–H and O–H groups in total. The van der Waals surface area contributed by atoms with Crippen molar-refractivity contribution in [1.82, 2.24) is 9.80 Å². The van der Waals surface area contributed by atoms with Gasteiger partial charge in [0.2, 0.25) is 11.8 Å². The number of amides is 2. The van der Waals surface area contributed by atoms with E-state index < -0.39 is 5.41 Å². The van der Waals surface area contributed by atoms with E-state index in [-0.39, 0.29) is 11.8 Å². The Morgan fingerprint density at radius 2 is 1.77 bits per heavy atom. The highest BCUT2D eigenvalue weighted by atomic mass is 32.1. The Morgan fingerprint density at radius 3 is 2.48 bits per heavy atom. The maximum atomic E-state index is 13.3. The molecule has 2 heterocycles. The van der Waals surface area contributed by atoms with E-state index in [9.17, 15) is 9.59 Å². The van der Waals surface area contributed by atoms with Crippen LogP contribution in [0.2, 0.25) is 0 Å². The number of hydrogen-bond donors (Lipinski definition) is 0. The highest BCUT2D eigenvalue weighted by molar-refractivity contribution is 7.10. The number of nitrogens with zero attached hydrogens (tertiary/aromatic N) is 2. The van der Waals surface area contributed by atoms with Crippen LogP contribution >= 0.6 is 11.3 Å². The Labute approximate surface area is 188 Å². The fourth-order valence-electron chi connectivity index (χ4n) is 4.51. The fraction of sp³-hybridized carbons (Fsp3) is 0.308. The number of thiophene rings is 1. The molecule has 2 amide bonds. The lowest BCUT2D eigenvalue weighted by molar-refractivity contribution is -0.139. The lowest BCUT2D eigenvalue weighted by Crippen LogP contribution is -2.44. The zero-order chi connectivity index (χ0) is 21.8. The van der Waals surface area contributed by atoms with Crippen molar-refractivity contribution in [3.05, 3.63) is 82.6 Å². The summed E-state index contributed by atoms with van der Waals surface area (Å²) >= 11 is 1.60. The van der Waals surface area contributed by atoms with Crippen LogP contribution in [-0.2, 0) is 22.4 Å². The number of likely N-dealkylation sites (tertiary alicyclic amines) is 1. The molecule has 0 radical (unpaired) electrons. The minimum absolute atomic E-state index is 0.101. The van der Waals surface area contributed by atoms with Crippen molar-refractivity contribution >= 4 is 23.2 Å². The molecule has 160 valence electrons. The van der Waals surface area contributed by atoms with E-state index in [0.717, 1.165) is 21.6 Å². The third-order valence-electron chi connectivity index (χ3n) is 6.05. The zero-order valence-corrected chi connectivity index (χ0v) is 18.9. The lowest BCUT2D eigenvalue weighted by Gasteiger charge is -2.31. The Hall–Kier alpha value is -2.92. The summed E-state index contributed by atoms with van der Waals surface area (Å²) in [6, 6.07) is 22.7. The topological polar surface area (TPSA) is 40.6 Å². The van der Waals surface area contributed by atoms with Gasteiger partial charge in [-0.15, -0.1) is 11.3 Å². The average molecular weight is 433 g/mol. The van der Waals surface area contributed by atoms with Gasteiger partial charge in [-0.2, -0.15) is 0 Å². The Morgan fingerprint density at radius 1 is 1.00 bits per heavy atom. The molecule has 0 bridgehead atoms. The van der Waals surface area contributed by atoms with Gasteiger partial charge in [0.1, 0.15) is 0 Å². The standard InChI is InChI=1S/C26H28N2O2S/c1-27(2)25(30)26(13-14-28(19-26)24(29)17-23-12-7-15-31-23)18-20-8-6-11-22(16-20)21-9-4-3-5-10-21/h3-12,15-16H,13-14,17-19H2,1-2H3. The van der Waals surface area contributed by atoms with Crippen LogP contribution in [0.3, 0.4) is 0 Å². The van der Waals surface area contributed by atoms with E-state index in [1.807, 2.05) is 40.6 Å². The first kappa shape index (κ1) is 21.3. The van der Waals surface area contributed by atoms with Crippen LogP contribution < -0.4 is 0 Å². The first-order valence-electron chi connectivity index (χ1n) is 10.6. The van der Waals surface area contributed by atoms with Gasteiger partial charge in [0.05, 0.1) is 11.8 Å². The van der Waals surface area contributed by atoms with Gasteiger partial charge in [-0.05, 0) is 41.0 Å². The molecule has 4 rings (SSSR count). The third-order valence-corrected chi connectivity index (χ3v) is 6.92. The van der Waals surface area contributed by atoms with E-state index >= 15 is 0 Å². The minimum atomic E-state index is -0.579. The van der Waals surface area contributed by atoms with Crippen molar-refractivity contribution in [2.75, 3.05) is 27.2 Å². The van der Waals surface area contributed by atoms with Crippen LogP contribution in [0.25, 0.3) is 11.1 Å². The maximum absolute atomic E-state index is 13.3. The molecule has 1 aliphatic heterocycles. The summed E-state index contributed by atoms with van der Waals surface area (Å²) in [5.41, 5.74) is 2.86.